The lowest BCUT2D eigenvalue weighted by molar-refractivity contribution is -0.0777. The SMILES string of the molecule is C[C@@H](O)[C@H]1O[C@@H](n2cc(F)c3c(=O)[nH]c(N)nc32)C(F)(C#CCF)[C@H]1O.C[C@@H](O)[C@H]1O[C@@H](n2ccc3c(=O)[nH]c(N)nc32)C(F)(C#CCF)[C@H]1O.C[C@@H](O)[C@H]1O[C@@H](n2cnc3c(=O)[nH]c(N)nc32)C(F)(C#CCF)[C@H]1O.C[C@@H](O)[C@H]1O[C@@H](n2cnc3c(=S)nc(N)[nH]c32)C(F)(C#CCF)[C@H]1O.C[C@@H](O)[C@H]1O[C@@H](n2cnc3cnc(N)nc32)C(F)(C#CCF)[C@H]1O. The van der Waals surface area contributed by atoms with E-state index in [1.807, 2.05) is 47.4 Å². The van der Waals surface area contributed by atoms with Crippen LogP contribution in [0.25, 0.3) is 55.6 Å². The van der Waals surface area contributed by atoms with Crippen molar-refractivity contribution in [2.45, 2.75) is 186 Å². The van der Waals surface area contributed by atoms with Crippen molar-refractivity contribution in [1.82, 2.24) is 87.6 Å². The van der Waals surface area contributed by atoms with E-state index < -0.39 is 212 Å². The third-order valence-electron chi connectivity index (χ3n) is 19.8. The molecule has 41 nitrogen and oxygen atoms in total. The van der Waals surface area contributed by atoms with Crippen LogP contribution in [0.3, 0.4) is 0 Å². The number of aromatic nitrogens is 18. The number of nitrogens with two attached hydrogens (primary N) is 5. The number of alkyl halides is 10. The number of anilines is 5. The predicted octanol–water partition coefficient (Wildman–Crippen LogP) is -1.46. The molecule has 0 spiro atoms. The predicted molar refractivity (Wildman–Crippen MR) is 415 cm³/mol. The van der Waals surface area contributed by atoms with Gasteiger partial charge in [0, 0.05) is 12.4 Å². The highest BCUT2D eigenvalue weighted by molar-refractivity contribution is 7.71. The second-order valence-corrected chi connectivity index (χ2v) is 28.7. The molecule has 10 aromatic rings. The lowest BCUT2D eigenvalue weighted by Gasteiger charge is -2.24. The Bertz CT molecular complexity index is 5900. The summed E-state index contributed by atoms with van der Waals surface area (Å²) in [4.78, 5) is 80.1. The average molecular weight is 1790 g/mol. The Labute approximate surface area is 697 Å². The second kappa shape index (κ2) is 37.0. The molecule has 5 saturated heterocycles. The van der Waals surface area contributed by atoms with Crippen LogP contribution in [0.5, 0.6) is 0 Å². The van der Waals surface area contributed by atoms with Gasteiger partial charge in [0.1, 0.15) is 116 Å². The molecule has 0 radical (unpaired) electrons. The molecule has 15 rings (SSSR count). The molecule has 15 heterocycles. The van der Waals surface area contributed by atoms with Crippen LogP contribution in [0.4, 0.5) is 78.0 Å². The van der Waals surface area contributed by atoms with Gasteiger partial charge in [0.05, 0.1) is 61.1 Å². The zero-order valence-corrected chi connectivity index (χ0v) is 65.9. The number of hydrogen-bond acceptors (Lipinski definition) is 33. The number of aliphatic hydroxyl groups is 10. The Balaban J connectivity index is 0.000000152. The summed E-state index contributed by atoms with van der Waals surface area (Å²) in [6.45, 7) is 0.872. The smallest absolute Gasteiger partial charge is 0.280 e. The Hall–Kier alpha value is -12.1. The van der Waals surface area contributed by atoms with E-state index in [9.17, 15) is 91.8 Å². The quantitative estimate of drug-likeness (QED) is 0.0422. The molecule has 0 aromatic carbocycles. The molecule has 0 bridgehead atoms. The molecule has 53 heteroatoms. The van der Waals surface area contributed by atoms with Gasteiger partial charge in [-0.05, 0) is 40.7 Å². The summed E-state index contributed by atoms with van der Waals surface area (Å²) >= 11 is 5.06. The number of aliphatic hydroxyl groups excluding tert-OH is 10. The maximum atomic E-state index is 15.5. The van der Waals surface area contributed by atoms with Gasteiger partial charge in [0.2, 0.25) is 52.1 Å². The number of nitrogens with one attached hydrogen (secondary N) is 4. The maximum absolute atomic E-state index is 15.5. The molecule has 670 valence electrons. The normalized spacial score (nSPS) is 30.2. The lowest BCUT2D eigenvalue weighted by Crippen LogP contribution is -2.44. The molecule has 0 amide bonds. The highest BCUT2D eigenvalue weighted by Crippen LogP contribution is 2.49. The van der Waals surface area contributed by atoms with Crippen LogP contribution in [-0.4, -0.2) is 292 Å². The first-order chi connectivity index (χ1) is 59.0. The Kier molecular flexibility index (Phi) is 27.7. The van der Waals surface area contributed by atoms with E-state index in [0.29, 0.717) is 5.52 Å². The molecule has 5 aliphatic rings. The standard InChI is InChI=1S/C15H15F3N4O4.C15H16F2N4O4.C14H15F2N5O4.C14H15F2N5O3S.C14H15F2N5O3/c1-6(23)9-10(24)15(18,3-2-4-16)13(26-9)22-5-7(17)8-11(22)20-14(19)21-12(8)25;1-7(22)9-10(23)15(17,4-2-5-16)13(25-9)21-6-3-8-11(21)19-14(18)20-12(8)24;1-6(22)8-9(23)14(16,3-2-4-15)12(25-8)21-5-18-7-10(21)19-13(17)20-11(7)24;1-6(22)8-9(23)14(16,3-2-4-15)12(24-8)21-5-18-7-10(21)19-13(17)20-11(7)25;1-7(22)9-10(23)14(16,3-2-4-15)12(24-9)21-6-19-8-5-18-13(17)20-11(8)21/h5-6,9-10,13,23-24H,4H2,1H3,(H3,19,20,21,25);3,6-7,9-10,13,22-23H,5H2,1H3,(H3,18,19,20,24);5-6,8-9,12,22-23H,4H2,1H3,(H3,17,19,20,24);5-6,8-9,12,22-23H,4H2,1H3,(H3,17,19,20,25);5-7,9-10,12,22-23H,4H2,1H3,(H2,17,18,20)/t6-,9-,10+,13-,15?;7-,9-,10+,13-,15?;2*6-,8-,9+,12-,14?;7-,9-,10+,12-,14?/m11111/s1. The first kappa shape index (κ1) is 93.6. The van der Waals surface area contributed by atoms with E-state index in [1.165, 1.54) is 74.9 Å². The molecule has 5 fully saturated rings. The van der Waals surface area contributed by atoms with Crippen molar-refractivity contribution in [2.24, 2.45) is 0 Å². The monoisotopic (exact) mass is 1790 g/mol. The van der Waals surface area contributed by atoms with E-state index in [-0.39, 0.29) is 79.0 Å². The van der Waals surface area contributed by atoms with Gasteiger partial charge in [0.15, 0.2) is 75.7 Å². The number of nitrogen functional groups attached to an aromatic ring is 5. The molecular formula is C72H76F11N23O18S. The fraction of sp³-hybridized carbons (Fsp3) is 0.486. The van der Waals surface area contributed by atoms with E-state index in [1.54, 1.807) is 0 Å². The van der Waals surface area contributed by atoms with Gasteiger partial charge in [-0.3, -0.25) is 47.6 Å². The van der Waals surface area contributed by atoms with Crippen molar-refractivity contribution in [3.8, 4) is 59.2 Å². The summed E-state index contributed by atoms with van der Waals surface area (Å²) in [5.41, 5.74) is 12.2. The highest BCUT2D eigenvalue weighted by atomic mass is 32.1. The third kappa shape index (κ3) is 17.5. The summed E-state index contributed by atoms with van der Waals surface area (Å²) < 4.78 is 186. The first-order valence-electron chi connectivity index (χ1n) is 36.6. The van der Waals surface area contributed by atoms with Gasteiger partial charge in [-0.1, -0.05) is 71.4 Å². The van der Waals surface area contributed by atoms with Crippen molar-refractivity contribution < 1.29 is 123 Å². The Morgan fingerprint density at radius 1 is 0.440 bits per heavy atom. The van der Waals surface area contributed by atoms with Gasteiger partial charge in [-0.2, -0.15) is 19.9 Å². The Morgan fingerprint density at radius 3 is 1.21 bits per heavy atom. The third-order valence-corrected chi connectivity index (χ3v) is 20.1. The van der Waals surface area contributed by atoms with Gasteiger partial charge in [-0.25, -0.2) is 73.2 Å². The van der Waals surface area contributed by atoms with Crippen LogP contribution in [0.15, 0.2) is 58.0 Å². The maximum Gasteiger partial charge on any atom is 0.280 e. The molecular weight excluding hydrogens is 1720 g/mol. The Morgan fingerprint density at radius 2 is 0.784 bits per heavy atom. The molecule has 125 heavy (non-hydrogen) atoms. The second-order valence-electron chi connectivity index (χ2n) is 28.3. The average Bonchev–Trinajstić information content (AvgIpc) is 1.61. The summed E-state index contributed by atoms with van der Waals surface area (Å²) in [5, 5.41) is 99.4. The first-order valence-corrected chi connectivity index (χ1v) is 37.0. The van der Waals surface area contributed by atoms with Gasteiger partial charge < -0.3 is 113 Å². The topological polar surface area (TPSA) is 634 Å². The highest BCUT2D eigenvalue weighted by Gasteiger charge is 2.64. The molecule has 5 unspecified atom stereocenters. The molecule has 10 aromatic heterocycles. The molecule has 25 atom stereocenters. The van der Waals surface area contributed by atoms with E-state index in [0.717, 1.165) is 26.2 Å². The summed E-state index contributed by atoms with van der Waals surface area (Å²) in [6, 6.07) is 1.37. The van der Waals surface area contributed by atoms with Crippen LogP contribution in [0.2, 0.25) is 0 Å². The molecule has 0 saturated carbocycles. The van der Waals surface area contributed by atoms with Gasteiger partial charge in [-0.15, -0.1) is 0 Å². The number of aromatic amines is 4. The minimum absolute atomic E-state index is 0.00812. The lowest BCUT2D eigenvalue weighted by atomic mass is 9.94. The number of hydrogen-bond donors (Lipinski definition) is 19. The van der Waals surface area contributed by atoms with Gasteiger partial charge in [0.25, 0.3) is 16.7 Å². The number of imidazole rings is 3. The zero-order chi connectivity index (χ0) is 91.8. The van der Waals surface area contributed by atoms with E-state index in [4.69, 9.17) is 64.6 Å². The number of halogens is 11. The van der Waals surface area contributed by atoms with Crippen molar-refractivity contribution in [1.29, 1.82) is 0 Å². The molecule has 24 N–H and O–H groups in total. The zero-order valence-electron chi connectivity index (χ0n) is 65.1. The number of fused-ring (bicyclic) bond motifs is 5. The fourth-order valence-electron chi connectivity index (χ4n) is 14.1. The summed E-state index contributed by atoms with van der Waals surface area (Å²) in [5.74, 6) is 17.9. The van der Waals surface area contributed by atoms with Crippen molar-refractivity contribution >= 4 is 97.5 Å². The van der Waals surface area contributed by atoms with Gasteiger partial charge >= 0.3 is 0 Å². The van der Waals surface area contributed by atoms with Crippen LogP contribution < -0.4 is 45.3 Å². The number of nitrogens with zero attached hydrogens (tertiary/aromatic N) is 14. The minimum atomic E-state index is -2.90. The summed E-state index contributed by atoms with van der Waals surface area (Å²) in [7, 11) is 0. The largest absolute Gasteiger partial charge is 0.391 e. The van der Waals surface area contributed by atoms with Crippen LogP contribution in [0.1, 0.15) is 65.8 Å². The van der Waals surface area contributed by atoms with Crippen LogP contribution in [-0.2, 0) is 23.7 Å². The van der Waals surface area contributed by atoms with E-state index in [2.05, 4.69) is 76.6 Å². The minimum Gasteiger partial charge on any atom is -0.391 e. The molecule has 5 aliphatic heterocycles. The fourth-order valence-corrected chi connectivity index (χ4v) is 14.3. The number of ether oxygens (including phenoxy) is 5. The molecule has 0 aliphatic carbocycles. The van der Waals surface area contributed by atoms with Crippen LogP contribution >= 0.6 is 12.2 Å². The van der Waals surface area contributed by atoms with Crippen molar-refractivity contribution in [3.05, 3.63) is 85.2 Å². The van der Waals surface area contributed by atoms with Crippen LogP contribution in [0, 0.1) is 69.7 Å². The van der Waals surface area contributed by atoms with E-state index >= 15 is 22.0 Å². The summed E-state index contributed by atoms with van der Waals surface area (Å²) in [6.07, 6.45) is -23.1. The van der Waals surface area contributed by atoms with Crippen molar-refractivity contribution in [2.75, 3.05) is 62.0 Å². The number of H-pyrrole nitrogens is 4. The van der Waals surface area contributed by atoms with Crippen molar-refractivity contribution in [3.63, 3.8) is 0 Å². The number of rotatable bonds is 10.